The molecule has 2 atom stereocenters. The van der Waals surface area contributed by atoms with Gasteiger partial charge in [-0.1, -0.05) is 24.6 Å². The van der Waals surface area contributed by atoms with Gasteiger partial charge in [0.1, 0.15) is 6.04 Å². The highest BCUT2D eigenvalue weighted by molar-refractivity contribution is 5.95. The normalized spacial score (nSPS) is 20.6. The molecule has 1 aliphatic heterocycles. The Morgan fingerprint density at radius 1 is 1.29 bits per heavy atom. The largest absolute Gasteiger partial charge is 0.468 e. The number of likely N-dealkylation sites (tertiary alicyclic amines) is 1. The minimum Gasteiger partial charge on any atom is -0.468 e. The van der Waals surface area contributed by atoms with E-state index in [4.69, 9.17) is 4.74 Å². The van der Waals surface area contributed by atoms with Crippen molar-refractivity contribution in [3.8, 4) is 0 Å². The van der Waals surface area contributed by atoms with Crippen LogP contribution in [0.2, 0.25) is 0 Å². The monoisotopic (exact) mass is 290 g/mol. The van der Waals surface area contributed by atoms with Gasteiger partial charge in [0, 0.05) is 5.69 Å². The zero-order chi connectivity index (χ0) is 15.2. The van der Waals surface area contributed by atoms with Gasteiger partial charge in [-0.15, -0.1) is 0 Å². The SMILES string of the molecule is COC(=O)[C@H]1CCCCN1C(C)C(=O)Nc1ccccc1. The second-order valence-electron chi connectivity index (χ2n) is 5.30. The minimum atomic E-state index is -0.366. The van der Waals surface area contributed by atoms with Crippen LogP contribution >= 0.6 is 0 Å². The molecule has 1 aromatic carbocycles. The van der Waals surface area contributed by atoms with E-state index in [1.165, 1.54) is 7.11 Å². The van der Waals surface area contributed by atoms with Crippen molar-refractivity contribution in [2.24, 2.45) is 0 Å². The number of ether oxygens (including phenoxy) is 1. The summed E-state index contributed by atoms with van der Waals surface area (Å²) in [5.74, 6) is -0.355. The molecule has 1 aliphatic rings. The summed E-state index contributed by atoms with van der Waals surface area (Å²) in [5.41, 5.74) is 0.765. The number of rotatable bonds is 4. The van der Waals surface area contributed by atoms with E-state index in [-0.39, 0.29) is 24.0 Å². The van der Waals surface area contributed by atoms with Crippen LogP contribution in [0.5, 0.6) is 0 Å². The van der Waals surface area contributed by atoms with Gasteiger partial charge in [-0.3, -0.25) is 14.5 Å². The van der Waals surface area contributed by atoms with E-state index in [1.807, 2.05) is 42.2 Å². The smallest absolute Gasteiger partial charge is 0.323 e. The zero-order valence-electron chi connectivity index (χ0n) is 12.5. The molecule has 0 radical (unpaired) electrons. The number of amides is 1. The van der Waals surface area contributed by atoms with Gasteiger partial charge in [0.2, 0.25) is 5.91 Å². The summed E-state index contributed by atoms with van der Waals surface area (Å²) in [4.78, 5) is 26.2. The highest BCUT2D eigenvalue weighted by atomic mass is 16.5. The molecule has 1 N–H and O–H groups in total. The third-order valence-electron chi connectivity index (χ3n) is 3.94. The van der Waals surface area contributed by atoms with Gasteiger partial charge in [0.25, 0.3) is 0 Å². The van der Waals surface area contributed by atoms with Crippen LogP contribution in [-0.4, -0.2) is 42.5 Å². The van der Waals surface area contributed by atoms with E-state index >= 15 is 0 Å². The first-order valence-corrected chi connectivity index (χ1v) is 7.33. The average molecular weight is 290 g/mol. The molecule has 1 heterocycles. The second kappa shape index (κ2) is 7.22. The summed E-state index contributed by atoms with van der Waals surface area (Å²) in [5, 5.41) is 2.88. The van der Waals surface area contributed by atoms with Crippen LogP contribution in [0.3, 0.4) is 0 Å². The van der Waals surface area contributed by atoms with Gasteiger partial charge in [-0.2, -0.15) is 0 Å². The number of anilines is 1. The molecule has 21 heavy (non-hydrogen) atoms. The lowest BCUT2D eigenvalue weighted by atomic mass is 10.00. The third kappa shape index (κ3) is 3.82. The van der Waals surface area contributed by atoms with Gasteiger partial charge in [-0.05, 0) is 38.4 Å². The second-order valence-corrected chi connectivity index (χ2v) is 5.30. The van der Waals surface area contributed by atoms with E-state index in [0.717, 1.165) is 31.5 Å². The number of benzene rings is 1. The van der Waals surface area contributed by atoms with Crippen LogP contribution < -0.4 is 5.32 Å². The summed E-state index contributed by atoms with van der Waals surface area (Å²) in [6, 6.07) is 8.65. The number of carbonyl (C=O) groups is 2. The number of piperidine rings is 1. The van der Waals surface area contributed by atoms with E-state index < -0.39 is 0 Å². The van der Waals surface area contributed by atoms with E-state index in [2.05, 4.69) is 5.32 Å². The third-order valence-corrected chi connectivity index (χ3v) is 3.94. The number of methoxy groups -OCH3 is 1. The van der Waals surface area contributed by atoms with Crippen LogP contribution in [0.4, 0.5) is 5.69 Å². The number of nitrogens with one attached hydrogen (secondary N) is 1. The summed E-state index contributed by atoms with van der Waals surface area (Å²) in [6.07, 6.45) is 2.73. The first-order chi connectivity index (χ1) is 10.1. The first kappa shape index (κ1) is 15.5. The van der Waals surface area contributed by atoms with Crippen LogP contribution in [0.15, 0.2) is 30.3 Å². The van der Waals surface area contributed by atoms with Crippen LogP contribution in [0, 0.1) is 0 Å². The molecule has 1 unspecified atom stereocenters. The van der Waals surface area contributed by atoms with Gasteiger partial charge < -0.3 is 10.1 Å². The molecule has 0 aliphatic carbocycles. The van der Waals surface area contributed by atoms with Gasteiger partial charge in [0.05, 0.1) is 13.2 Å². The number of hydrogen-bond acceptors (Lipinski definition) is 4. The molecule has 0 spiro atoms. The van der Waals surface area contributed by atoms with E-state index in [9.17, 15) is 9.59 Å². The summed E-state index contributed by atoms with van der Waals surface area (Å²) in [7, 11) is 1.39. The standard InChI is InChI=1S/C16H22N2O3/c1-12(15(19)17-13-8-4-3-5-9-13)18-11-7-6-10-14(18)16(20)21-2/h3-5,8-9,12,14H,6-7,10-11H2,1-2H3,(H,17,19)/t12?,14-/m1/s1. The number of hydrogen-bond donors (Lipinski definition) is 1. The summed E-state index contributed by atoms with van der Waals surface area (Å²) in [6.45, 7) is 2.57. The van der Waals surface area contributed by atoms with Crippen molar-refractivity contribution in [2.75, 3.05) is 19.0 Å². The Bertz CT molecular complexity index is 490. The molecule has 1 fully saturated rings. The fourth-order valence-corrected chi connectivity index (χ4v) is 2.73. The number of para-hydroxylation sites is 1. The Labute approximate surface area is 125 Å². The van der Waals surface area contributed by atoms with Gasteiger partial charge in [-0.25, -0.2) is 0 Å². The lowest BCUT2D eigenvalue weighted by Gasteiger charge is -2.37. The maximum Gasteiger partial charge on any atom is 0.323 e. The van der Waals surface area contributed by atoms with Crippen molar-refractivity contribution in [2.45, 2.75) is 38.3 Å². The Hall–Kier alpha value is -1.88. The Balaban J connectivity index is 2.04. The molecule has 2 rings (SSSR count). The molecule has 1 saturated heterocycles. The number of nitrogens with zero attached hydrogens (tertiary/aromatic N) is 1. The Morgan fingerprint density at radius 2 is 2.00 bits per heavy atom. The minimum absolute atomic E-state index is 0.1000. The maximum atomic E-state index is 12.4. The lowest BCUT2D eigenvalue weighted by molar-refractivity contribution is -0.150. The topological polar surface area (TPSA) is 58.6 Å². The fraction of sp³-hybridized carbons (Fsp3) is 0.500. The molecular weight excluding hydrogens is 268 g/mol. The molecule has 5 nitrogen and oxygen atoms in total. The van der Waals surface area contributed by atoms with Crippen molar-refractivity contribution < 1.29 is 14.3 Å². The molecule has 114 valence electrons. The molecule has 0 saturated carbocycles. The van der Waals surface area contributed by atoms with Crippen molar-refractivity contribution in [3.05, 3.63) is 30.3 Å². The fourth-order valence-electron chi connectivity index (χ4n) is 2.73. The molecule has 0 bridgehead atoms. The van der Waals surface area contributed by atoms with E-state index in [1.54, 1.807) is 0 Å². The number of esters is 1. The van der Waals surface area contributed by atoms with Gasteiger partial charge >= 0.3 is 5.97 Å². The Kier molecular flexibility index (Phi) is 5.33. The quantitative estimate of drug-likeness (QED) is 0.862. The number of carbonyl (C=O) groups excluding carboxylic acids is 2. The van der Waals surface area contributed by atoms with Crippen molar-refractivity contribution in [1.29, 1.82) is 0 Å². The maximum absolute atomic E-state index is 12.4. The molecule has 1 aromatic rings. The zero-order valence-corrected chi connectivity index (χ0v) is 12.5. The molecule has 0 aromatic heterocycles. The predicted octanol–water partition coefficient (Wildman–Crippen LogP) is 2.04. The van der Waals surface area contributed by atoms with Crippen LogP contribution in [0.1, 0.15) is 26.2 Å². The highest BCUT2D eigenvalue weighted by Crippen LogP contribution is 2.21. The molecular formula is C16H22N2O3. The van der Waals surface area contributed by atoms with Crippen molar-refractivity contribution >= 4 is 17.6 Å². The van der Waals surface area contributed by atoms with Crippen LogP contribution in [0.25, 0.3) is 0 Å². The van der Waals surface area contributed by atoms with E-state index in [0.29, 0.717) is 0 Å². The average Bonchev–Trinajstić information content (AvgIpc) is 2.54. The molecule has 5 heteroatoms. The lowest BCUT2D eigenvalue weighted by Crippen LogP contribution is -2.53. The van der Waals surface area contributed by atoms with Crippen molar-refractivity contribution in [1.82, 2.24) is 4.90 Å². The first-order valence-electron chi connectivity index (χ1n) is 7.33. The predicted molar refractivity (Wildman–Crippen MR) is 80.9 cm³/mol. The summed E-state index contributed by atoms with van der Waals surface area (Å²) < 4.78 is 4.86. The van der Waals surface area contributed by atoms with Crippen LogP contribution in [-0.2, 0) is 14.3 Å². The molecule has 1 amide bonds. The summed E-state index contributed by atoms with van der Waals surface area (Å²) >= 11 is 0. The van der Waals surface area contributed by atoms with Crippen molar-refractivity contribution in [3.63, 3.8) is 0 Å². The Morgan fingerprint density at radius 3 is 2.67 bits per heavy atom. The highest BCUT2D eigenvalue weighted by Gasteiger charge is 2.35. The van der Waals surface area contributed by atoms with Gasteiger partial charge in [0.15, 0.2) is 0 Å².